The lowest BCUT2D eigenvalue weighted by Crippen LogP contribution is -2.56. The highest BCUT2D eigenvalue weighted by molar-refractivity contribution is 5.83. The molecule has 3 atom stereocenters. The molecule has 1 N–H and O–H groups in total. The summed E-state index contributed by atoms with van der Waals surface area (Å²) in [5.41, 5.74) is -0.607. The van der Waals surface area contributed by atoms with Crippen LogP contribution >= 0.6 is 0 Å². The minimum atomic E-state index is -0.607. The number of amides is 1. The molecule has 1 amide bonds. The van der Waals surface area contributed by atoms with E-state index in [1.165, 1.54) is 25.7 Å². The van der Waals surface area contributed by atoms with Crippen LogP contribution in [0.5, 0.6) is 0 Å². The zero-order chi connectivity index (χ0) is 14.2. The van der Waals surface area contributed by atoms with Crippen LogP contribution in [0, 0.1) is 23.2 Å². The van der Waals surface area contributed by atoms with Gasteiger partial charge in [-0.3, -0.25) is 9.69 Å². The van der Waals surface area contributed by atoms with Crippen molar-refractivity contribution >= 4 is 5.91 Å². The Labute approximate surface area is 121 Å². The molecule has 0 bridgehead atoms. The molecule has 4 heteroatoms. The van der Waals surface area contributed by atoms with Gasteiger partial charge in [0, 0.05) is 0 Å². The average molecular weight is 275 g/mol. The number of carbonyl (C=O) groups excluding carboxylic acids is 1. The van der Waals surface area contributed by atoms with E-state index in [2.05, 4.69) is 23.2 Å². The summed E-state index contributed by atoms with van der Waals surface area (Å²) in [4.78, 5) is 15.1. The molecule has 110 valence electrons. The summed E-state index contributed by atoms with van der Waals surface area (Å²) in [7, 11) is 0. The van der Waals surface area contributed by atoms with E-state index in [1.54, 1.807) is 0 Å². The van der Waals surface area contributed by atoms with E-state index >= 15 is 0 Å². The van der Waals surface area contributed by atoms with Crippen molar-refractivity contribution in [1.82, 2.24) is 10.2 Å². The highest BCUT2D eigenvalue weighted by atomic mass is 16.2. The summed E-state index contributed by atoms with van der Waals surface area (Å²) in [6.07, 6.45) is 7.66. The second-order valence-electron chi connectivity index (χ2n) is 6.89. The molecule has 0 aromatic carbocycles. The number of nitriles is 1. The Morgan fingerprint density at radius 1 is 1.30 bits per heavy atom. The number of nitrogens with zero attached hydrogens (tertiary/aromatic N) is 2. The summed E-state index contributed by atoms with van der Waals surface area (Å²) >= 11 is 0. The van der Waals surface area contributed by atoms with E-state index in [1.807, 2.05) is 0 Å². The van der Waals surface area contributed by atoms with E-state index < -0.39 is 5.54 Å². The molecule has 0 aromatic rings. The van der Waals surface area contributed by atoms with Gasteiger partial charge in [0.1, 0.15) is 5.54 Å². The first-order chi connectivity index (χ1) is 9.66. The van der Waals surface area contributed by atoms with Crippen LogP contribution in [0.3, 0.4) is 0 Å². The highest BCUT2D eigenvalue weighted by Crippen LogP contribution is 2.39. The molecule has 20 heavy (non-hydrogen) atoms. The van der Waals surface area contributed by atoms with E-state index in [9.17, 15) is 10.1 Å². The van der Waals surface area contributed by atoms with Gasteiger partial charge in [-0.15, -0.1) is 0 Å². The predicted octanol–water partition coefficient (Wildman–Crippen LogP) is 2.06. The molecule has 3 fully saturated rings. The van der Waals surface area contributed by atoms with Gasteiger partial charge < -0.3 is 5.32 Å². The Morgan fingerprint density at radius 2 is 2.00 bits per heavy atom. The van der Waals surface area contributed by atoms with Crippen molar-refractivity contribution < 1.29 is 4.79 Å². The molecule has 1 aliphatic heterocycles. The third-order valence-corrected chi connectivity index (χ3v) is 5.47. The Morgan fingerprint density at radius 3 is 2.50 bits per heavy atom. The molecule has 3 rings (SSSR count). The van der Waals surface area contributed by atoms with Gasteiger partial charge in [0.15, 0.2) is 0 Å². The van der Waals surface area contributed by atoms with Gasteiger partial charge in [0.25, 0.3) is 0 Å². The molecule has 2 saturated carbocycles. The number of nitrogens with one attached hydrogen (secondary N) is 1. The molecule has 0 spiro atoms. The summed E-state index contributed by atoms with van der Waals surface area (Å²) in [5, 5.41) is 12.7. The minimum absolute atomic E-state index is 0.0236. The average Bonchev–Trinajstić information content (AvgIpc) is 2.97. The van der Waals surface area contributed by atoms with Crippen LogP contribution in [0.4, 0.5) is 0 Å². The van der Waals surface area contributed by atoms with Gasteiger partial charge in [-0.2, -0.15) is 5.26 Å². The Balaban J connectivity index is 1.71. The summed E-state index contributed by atoms with van der Waals surface area (Å²) < 4.78 is 0. The monoisotopic (exact) mass is 275 g/mol. The van der Waals surface area contributed by atoms with Gasteiger partial charge in [-0.25, -0.2) is 0 Å². The molecule has 0 radical (unpaired) electrons. The fourth-order valence-electron chi connectivity index (χ4n) is 3.96. The maximum atomic E-state index is 12.8. The zero-order valence-corrected chi connectivity index (χ0v) is 12.4. The van der Waals surface area contributed by atoms with E-state index in [0.717, 1.165) is 32.4 Å². The summed E-state index contributed by atoms with van der Waals surface area (Å²) in [6, 6.07) is 2.44. The number of hydrogen-bond acceptors (Lipinski definition) is 3. The Hall–Kier alpha value is -1.08. The van der Waals surface area contributed by atoms with Crippen molar-refractivity contribution in [1.29, 1.82) is 5.26 Å². The number of carbonyl (C=O) groups is 1. The quantitative estimate of drug-likeness (QED) is 0.854. The Bertz CT molecular complexity index is 420. The van der Waals surface area contributed by atoms with Gasteiger partial charge in [-0.1, -0.05) is 6.92 Å². The molecule has 2 aliphatic carbocycles. The van der Waals surface area contributed by atoms with Crippen LogP contribution in [0.25, 0.3) is 0 Å². The van der Waals surface area contributed by atoms with Crippen LogP contribution in [-0.4, -0.2) is 35.5 Å². The normalized spacial score (nSPS) is 35.7. The number of rotatable bonds is 4. The maximum Gasteiger partial charge on any atom is 0.238 e. The summed E-state index contributed by atoms with van der Waals surface area (Å²) in [6.45, 7) is 4.19. The van der Waals surface area contributed by atoms with Crippen molar-refractivity contribution in [3.05, 3.63) is 0 Å². The van der Waals surface area contributed by atoms with Crippen molar-refractivity contribution in [2.75, 3.05) is 13.1 Å². The van der Waals surface area contributed by atoms with E-state index in [0.29, 0.717) is 5.92 Å². The molecular weight excluding hydrogens is 250 g/mol. The van der Waals surface area contributed by atoms with E-state index in [4.69, 9.17) is 0 Å². The molecule has 0 unspecified atom stereocenters. The van der Waals surface area contributed by atoms with Gasteiger partial charge in [0.05, 0.1) is 12.1 Å². The van der Waals surface area contributed by atoms with Crippen LogP contribution in [0.2, 0.25) is 0 Å². The van der Waals surface area contributed by atoms with Crippen molar-refractivity contribution in [2.45, 2.75) is 63.5 Å². The lowest BCUT2D eigenvalue weighted by molar-refractivity contribution is -0.128. The van der Waals surface area contributed by atoms with Gasteiger partial charge in [0.2, 0.25) is 5.91 Å². The predicted molar refractivity (Wildman–Crippen MR) is 76.8 cm³/mol. The zero-order valence-electron chi connectivity index (χ0n) is 12.4. The Kier molecular flexibility index (Phi) is 3.72. The minimum Gasteiger partial charge on any atom is -0.336 e. The van der Waals surface area contributed by atoms with Crippen LogP contribution in [0.1, 0.15) is 51.9 Å². The molecule has 0 aromatic heterocycles. The first kappa shape index (κ1) is 13.9. The standard InChI is InChI=1S/C16H25N3O/c1-12-5-4-8-16(12,11-17)18-15(20)14(13-6-7-13)19-9-2-3-10-19/h12-14H,2-10H2,1H3,(H,18,20)/t12-,14+,16+/m1/s1. The van der Waals surface area contributed by atoms with Gasteiger partial charge in [-0.05, 0) is 69.9 Å². The number of hydrogen-bond donors (Lipinski definition) is 1. The fourth-order valence-corrected chi connectivity index (χ4v) is 3.96. The maximum absolute atomic E-state index is 12.8. The van der Waals surface area contributed by atoms with Crippen LogP contribution < -0.4 is 5.32 Å². The van der Waals surface area contributed by atoms with Crippen LogP contribution in [-0.2, 0) is 4.79 Å². The molecule has 1 heterocycles. The smallest absolute Gasteiger partial charge is 0.238 e. The summed E-state index contributed by atoms with van der Waals surface area (Å²) in [5.74, 6) is 0.917. The lowest BCUT2D eigenvalue weighted by atomic mass is 9.89. The highest BCUT2D eigenvalue weighted by Gasteiger charge is 2.47. The van der Waals surface area contributed by atoms with Crippen LogP contribution in [0.15, 0.2) is 0 Å². The largest absolute Gasteiger partial charge is 0.336 e. The van der Waals surface area contributed by atoms with E-state index in [-0.39, 0.29) is 17.9 Å². The van der Waals surface area contributed by atoms with Crippen molar-refractivity contribution in [3.63, 3.8) is 0 Å². The molecular formula is C16H25N3O. The molecule has 3 aliphatic rings. The molecule has 1 saturated heterocycles. The second-order valence-corrected chi connectivity index (χ2v) is 6.89. The van der Waals surface area contributed by atoms with Gasteiger partial charge >= 0.3 is 0 Å². The first-order valence-electron chi connectivity index (χ1n) is 8.13. The lowest BCUT2D eigenvalue weighted by Gasteiger charge is -2.33. The topological polar surface area (TPSA) is 56.1 Å². The number of likely N-dealkylation sites (tertiary alicyclic amines) is 1. The second kappa shape index (κ2) is 5.37. The third-order valence-electron chi connectivity index (χ3n) is 5.47. The SMILES string of the molecule is C[C@@H]1CCC[C@@]1(C#N)NC(=O)[C@H](C1CC1)N1CCCC1. The first-order valence-corrected chi connectivity index (χ1v) is 8.13. The van der Waals surface area contributed by atoms with Crippen molar-refractivity contribution in [3.8, 4) is 6.07 Å². The fraction of sp³-hybridized carbons (Fsp3) is 0.875. The van der Waals surface area contributed by atoms with Crippen molar-refractivity contribution in [2.24, 2.45) is 11.8 Å². The molecule has 4 nitrogen and oxygen atoms in total. The third kappa shape index (κ3) is 2.44.